The summed E-state index contributed by atoms with van der Waals surface area (Å²) in [4.78, 5) is 9.83. The molecule has 0 radical (unpaired) electrons. The molecule has 0 saturated carbocycles. The van der Waals surface area contributed by atoms with Gasteiger partial charge in [-0.2, -0.15) is 0 Å². The minimum Gasteiger partial charge on any atom is -0.357 e. The monoisotopic (exact) mass is 280 g/mol. The van der Waals surface area contributed by atoms with Crippen molar-refractivity contribution >= 4 is 5.96 Å². The van der Waals surface area contributed by atoms with Gasteiger partial charge in [0.05, 0.1) is 6.54 Å². The summed E-state index contributed by atoms with van der Waals surface area (Å²) in [6.07, 6.45) is 4.01. The lowest BCUT2D eigenvalue weighted by atomic mass is 9.92. The third-order valence-corrected chi connectivity index (χ3v) is 4.36. The highest BCUT2D eigenvalue weighted by atomic mass is 15.3. The van der Waals surface area contributed by atoms with Gasteiger partial charge in [0.25, 0.3) is 0 Å². The van der Waals surface area contributed by atoms with Crippen molar-refractivity contribution in [2.75, 3.05) is 45.8 Å². The number of nitrogens with zero attached hydrogens (tertiary/aromatic N) is 3. The van der Waals surface area contributed by atoms with E-state index in [-0.39, 0.29) is 0 Å². The second kappa shape index (κ2) is 7.87. The maximum Gasteiger partial charge on any atom is 0.193 e. The van der Waals surface area contributed by atoms with E-state index < -0.39 is 0 Å². The van der Waals surface area contributed by atoms with Crippen LogP contribution in [0.15, 0.2) is 4.99 Å². The van der Waals surface area contributed by atoms with Gasteiger partial charge in [-0.15, -0.1) is 0 Å². The molecule has 0 aliphatic carbocycles. The number of likely N-dealkylation sites (tertiary alicyclic amines) is 2. The fourth-order valence-corrected chi connectivity index (χ4v) is 3.63. The molecule has 2 rings (SSSR count). The molecule has 0 aromatic rings. The minimum absolute atomic E-state index is 0.842. The Kier molecular flexibility index (Phi) is 6.14. The fraction of sp³-hybridized carbons (Fsp3) is 0.938. The van der Waals surface area contributed by atoms with Crippen LogP contribution in [0.4, 0.5) is 0 Å². The number of hydrogen-bond donors (Lipinski definition) is 1. The first-order chi connectivity index (χ1) is 9.69. The van der Waals surface area contributed by atoms with Crippen LogP contribution in [0.2, 0.25) is 0 Å². The Labute approximate surface area is 124 Å². The molecule has 2 fully saturated rings. The van der Waals surface area contributed by atoms with E-state index in [2.05, 4.69) is 35.9 Å². The Morgan fingerprint density at radius 2 is 1.80 bits per heavy atom. The molecule has 0 amide bonds. The van der Waals surface area contributed by atoms with Gasteiger partial charge in [-0.05, 0) is 38.0 Å². The molecular formula is C16H32N4. The van der Waals surface area contributed by atoms with E-state index in [0.29, 0.717) is 0 Å². The maximum absolute atomic E-state index is 4.83. The number of piperidine rings is 1. The number of nitrogens with one attached hydrogen (secondary N) is 1. The predicted octanol–water partition coefficient (Wildman–Crippen LogP) is 2.03. The summed E-state index contributed by atoms with van der Waals surface area (Å²) in [5.74, 6) is 2.81. The first kappa shape index (κ1) is 15.6. The summed E-state index contributed by atoms with van der Waals surface area (Å²) in [6.45, 7) is 14.7. The van der Waals surface area contributed by atoms with Crippen LogP contribution in [-0.2, 0) is 0 Å². The zero-order valence-corrected chi connectivity index (χ0v) is 13.6. The van der Waals surface area contributed by atoms with Gasteiger partial charge in [0, 0.05) is 39.3 Å². The van der Waals surface area contributed by atoms with Crippen LogP contribution in [0.25, 0.3) is 0 Å². The Hall–Kier alpha value is -0.770. The van der Waals surface area contributed by atoms with Crippen molar-refractivity contribution in [2.24, 2.45) is 16.8 Å². The molecule has 0 bridgehead atoms. The molecule has 116 valence electrons. The van der Waals surface area contributed by atoms with Crippen LogP contribution < -0.4 is 5.32 Å². The van der Waals surface area contributed by atoms with Crippen molar-refractivity contribution in [2.45, 2.75) is 40.0 Å². The SMILES string of the molecule is CCNC(=NCCN1CC(C)CC(C)C1)N1CCCC1. The molecule has 0 aromatic heterocycles. The van der Waals surface area contributed by atoms with Crippen molar-refractivity contribution in [3.05, 3.63) is 0 Å². The van der Waals surface area contributed by atoms with E-state index in [4.69, 9.17) is 4.99 Å². The van der Waals surface area contributed by atoms with Crippen molar-refractivity contribution in [1.29, 1.82) is 0 Å². The van der Waals surface area contributed by atoms with Crippen LogP contribution in [0.1, 0.15) is 40.0 Å². The van der Waals surface area contributed by atoms with Gasteiger partial charge in [-0.1, -0.05) is 13.8 Å². The Morgan fingerprint density at radius 1 is 1.15 bits per heavy atom. The summed E-state index contributed by atoms with van der Waals surface area (Å²) in [5.41, 5.74) is 0. The average molecular weight is 280 g/mol. The maximum atomic E-state index is 4.83. The zero-order valence-electron chi connectivity index (χ0n) is 13.6. The number of guanidine groups is 1. The van der Waals surface area contributed by atoms with Crippen LogP contribution in [0.3, 0.4) is 0 Å². The van der Waals surface area contributed by atoms with E-state index in [0.717, 1.165) is 37.4 Å². The standard InChI is InChI=1S/C16H32N4/c1-4-17-16(20-8-5-6-9-20)18-7-10-19-12-14(2)11-15(3)13-19/h14-15H,4-13H2,1-3H3,(H,17,18). The fourth-order valence-electron chi connectivity index (χ4n) is 3.63. The number of aliphatic imine (C=N–C) groups is 1. The topological polar surface area (TPSA) is 30.9 Å². The lowest BCUT2D eigenvalue weighted by molar-refractivity contribution is 0.145. The van der Waals surface area contributed by atoms with Gasteiger partial charge in [0.1, 0.15) is 0 Å². The first-order valence-electron chi connectivity index (χ1n) is 8.44. The molecule has 2 aliphatic rings. The van der Waals surface area contributed by atoms with E-state index in [1.165, 1.54) is 45.4 Å². The van der Waals surface area contributed by atoms with Crippen LogP contribution in [0.5, 0.6) is 0 Å². The second-order valence-corrected chi connectivity index (χ2v) is 6.64. The van der Waals surface area contributed by atoms with Crippen molar-refractivity contribution in [1.82, 2.24) is 15.1 Å². The third kappa shape index (κ3) is 4.65. The number of rotatable bonds is 4. The van der Waals surface area contributed by atoms with Gasteiger partial charge < -0.3 is 15.1 Å². The molecule has 2 atom stereocenters. The first-order valence-corrected chi connectivity index (χ1v) is 8.44. The summed E-state index contributed by atoms with van der Waals surface area (Å²) >= 11 is 0. The quantitative estimate of drug-likeness (QED) is 0.631. The highest BCUT2D eigenvalue weighted by Gasteiger charge is 2.21. The molecule has 2 saturated heterocycles. The highest BCUT2D eigenvalue weighted by Crippen LogP contribution is 2.20. The molecule has 20 heavy (non-hydrogen) atoms. The number of hydrogen-bond acceptors (Lipinski definition) is 2. The molecule has 0 spiro atoms. The Bertz CT molecular complexity index is 300. The summed E-state index contributed by atoms with van der Waals surface area (Å²) in [5, 5.41) is 3.44. The average Bonchev–Trinajstić information content (AvgIpc) is 2.90. The molecular weight excluding hydrogens is 248 g/mol. The Balaban J connectivity index is 1.80. The lowest BCUT2D eigenvalue weighted by Crippen LogP contribution is -2.42. The van der Waals surface area contributed by atoms with Crippen LogP contribution in [-0.4, -0.2) is 61.6 Å². The summed E-state index contributed by atoms with van der Waals surface area (Å²) in [7, 11) is 0. The van der Waals surface area contributed by atoms with Gasteiger partial charge in [0.15, 0.2) is 5.96 Å². The van der Waals surface area contributed by atoms with Crippen molar-refractivity contribution in [3.8, 4) is 0 Å². The van der Waals surface area contributed by atoms with Crippen LogP contribution >= 0.6 is 0 Å². The molecule has 0 aromatic carbocycles. The van der Waals surface area contributed by atoms with Crippen molar-refractivity contribution in [3.63, 3.8) is 0 Å². The largest absolute Gasteiger partial charge is 0.357 e. The summed E-state index contributed by atoms with van der Waals surface area (Å²) < 4.78 is 0. The van der Waals surface area contributed by atoms with Gasteiger partial charge in [-0.25, -0.2) is 0 Å². The molecule has 2 unspecified atom stereocenters. The predicted molar refractivity (Wildman–Crippen MR) is 86.2 cm³/mol. The molecule has 2 heterocycles. The van der Waals surface area contributed by atoms with E-state index in [9.17, 15) is 0 Å². The molecule has 1 N–H and O–H groups in total. The summed E-state index contributed by atoms with van der Waals surface area (Å²) in [6, 6.07) is 0. The van der Waals surface area contributed by atoms with Gasteiger partial charge in [0.2, 0.25) is 0 Å². The zero-order chi connectivity index (χ0) is 14.4. The Morgan fingerprint density at radius 3 is 2.40 bits per heavy atom. The van der Waals surface area contributed by atoms with E-state index in [1.54, 1.807) is 0 Å². The van der Waals surface area contributed by atoms with E-state index in [1.807, 2.05) is 0 Å². The van der Waals surface area contributed by atoms with E-state index >= 15 is 0 Å². The second-order valence-electron chi connectivity index (χ2n) is 6.64. The lowest BCUT2D eigenvalue weighted by Gasteiger charge is -2.34. The van der Waals surface area contributed by atoms with Gasteiger partial charge >= 0.3 is 0 Å². The third-order valence-electron chi connectivity index (χ3n) is 4.36. The highest BCUT2D eigenvalue weighted by molar-refractivity contribution is 5.80. The van der Waals surface area contributed by atoms with Crippen molar-refractivity contribution < 1.29 is 0 Å². The van der Waals surface area contributed by atoms with Gasteiger partial charge in [-0.3, -0.25) is 4.99 Å². The normalized spacial score (nSPS) is 28.9. The molecule has 4 heteroatoms. The molecule has 4 nitrogen and oxygen atoms in total. The van der Waals surface area contributed by atoms with Crippen LogP contribution in [0, 0.1) is 11.8 Å². The molecule has 2 aliphatic heterocycles. The minimum atomic E-state index is 0.842. The smallest absolute Gasteiger partial charge is 0.193 e.